The van der Waals surface area contributed by atoms with Crippen LogP contribution in [0.25, 0.3) is 10.6 Å². The van der Waals surface area contributed by atoms with Gasteiger partial charge >= 0.3 is 0 Å². The zero-order valence-electron chi connectivity index (χ0n) is 9.40. The van der Waals surface area contributed by atoms with Gasteiger partial charge in [0.15, 0.2) is 0 Å². The molecule has 0 saturated heterocycles. The van der Waals surface area contributed by atoms with Gasteiger partial charge in [-0.3, -0.25) is 0 Å². The van der Waals surface area contributed by atoms with Crippen LogP contribution >= 0.6 is 11.3 Å². The van der Waals surface area contributed by atoms with Gasteiger partial charge in [0.25, 0.3) is 0 Å². The molecule has 2 rings (SSSR count). The highest BCUT2D eigenvalue weighted by atomic mass is 32.1. The normalized spacial score (nSPS) is 10.7. The Bertz CT molecular complexity index is 513. The van der Waals surface area contributed by atoms with Crippen LogP contribution in [0.4, 0.5) is 4.39 Å². The molecule has 0 atom stereocenters. The number of hydrogen-bond donors (Lipinski definition) is 2. The van der Waals surface area contributed by atoms with Crippen LogP contribution < -0.4 is 5.32 Å². The first kappa shape index (κ1) is 12.0. The average Bonchev–Trinajstić information content (AvgIpc) is 2.75. The molecule has 0 aliphatic carbocycles. The minimum Gasteiger partial charge on any atom is -0.508 e. The zero-order valence-corrected chi connectivity index (χ0v) is 10.2. The lowest BCUT2D eigenvalue weighted by Crippen LogP contribution is -2.11. The summed E-state index contributed by atoms with van der Waals surface area (Å²) in [7, 11) is 0. The number of aromatic nitrogens is 1. The first-order valence-electron chi connectivity index (χ1n) is 5.34. The summed E-state index contributed by atoms with van der Waals surface area (Å²) in [5.41, 5.74) is 1.33. The van der Waals surface area contributed by atoms with E-state index in [-0.39, 0.29) is 5.75 Å². The minimum atomic E-state index is -0.450. The van der Waals surface area contributed by atoms with Crippen molar-refractivity contribution in [2.75, 3.05) is 6.54 Å². The number of nitrogens with zero attached hydrogens (tertiary/aromatic N) is 1. The molecule has 1 heterocycles. The average molecular weight is 252 g/mol. The van der Waals surface area contributed by atoms with Gasteiger partial charge in [0, 0.05) is 23.6 Å². The number of aromatic hydroxyl groups is 1. The maximum atomic E-state index is 13.6. The molecule has 17 heavy (non-hydrogen) atoms. The number of rotatable bonds is 4. The molecule has 5 heteroatoms. The van der Waals surface area contributed by atoms with Crippen molar-refractivity contribution >= 4 is 11.3 Å². The smallest absolute Gasteiger partial charge is 0.137 e. The topological polar surface area (TPSA) is 45.1 Å². The zero-order chi connectivity index (χ0) is 12.3. The third-order valence-corrected chi connectivity index (χ3v) is 3.22. The standard InChI is InChI=1S/C12H13FN2OS/c1-2-14-6-8-7-17-12(15-8)10-4-3-9(16)5-11(10)13/h3-5,7,14,16H,2,6H2,1H3. The first-order chi connectivity index (χ1) is 8.20. The summed E-state index contributed by atoms with van der Waals surface area (Å²) in [6.07, 6.45) is 0. The molecule has 90 valence electrons. The van der Waals surface area contributed by atoms with E-state index in [1.165, 1.54) is 17.4 Å². The van der Waals surface area contributed by atoms with Gasteiger partial charge in [0.05, 0.1) is 5.69 Å². The molecule has 0 aliphatic heterocycles. The van der Waals surface area contributed by atoms with E-state index in [9.17, 15) is 4.39 Å². The predicted octanol–water partition coefficient (Wildman–Crippen LogP) is 2.76. The Morgan fingerprint density at radius 1 is 1.47 bits per heavy atom. The Labute approximate surface area is 103 Å². The van der Waals surface area contributed by atoms with Gasteiger partial charge in [-0.25, -0.2) is 9.37 Å². The molecule has 2 N–H and O–H groups in total. The van der Waals surface area contributed by atoms with Crippen molar-refractivity contribution in [1.82, 2.24) is 10.3 Å². The maximum absolute atomic E-state index is 13.6. The molecule has 1 aromatic carbocycles. The molecule has 0 bridgehead atoms. The van der Waals surface area contributed by atoms with Gasteiger partial charge < -0.3 is 10.4 Å². The van der Waals surface area contributed by atoms with Crippen LogP contribution in [0.1, 0.15) is 12.6 Å². The highest BCUT2D eigenvalue weighted by Crippen LogP contribution is 2.28. The molecule has 2 aromatic rings. The van der Waals surface area contributed by atoms with E-state index in [0.29, 0.717) is 17.1 Å². The quantitative estimate of drug-likeness (QED) is 0.879. The second-order valence-corrected chi connectivity index (χ2v) is 4.45. The number of phenolic OH excluding ortho intramolecular Hbond substituents is 1. The lowest BCUT2D eigenvalue weighted by atomic mass is 10.2. The number of benzene rings is 1. The van der Waals surface area contributed by atoms with Crippen molar-refractivity contribution in [3.63, 3.8) is 0 Å². The number of hydrogen-bond acceptors (Lipinski definition) is 4. The Kier molecular flexibility index (Phi) is 3.71. The van der Waals surface area contributed by atoms with Crippen LogP contribution in [-0.2, 0) is 6.54 Å². The molecular formula is C12H13FN2OS. The van der Waals surface area contributed by atoms with E-state index in [1.54, 1.807) is 6.07 Å². The Hall–Kier alpha value is -1.46. The summed E-state index contributed by atoms with van der Waals surface area (Å²) in [5, 5.41) is 14.8. The van der Waals surface area contributed by atoms with E-state index in [2.05, 4.69) is 10.3 Å². The van der Waals surface area contributed by atoms with Crippen molar-refractivity contribution in [1.29, 1.82) is 0 Å². The van der Waals surface area contributed by atoms with Crippen molar-refractivity contribution in [2.24, 2.45) is 0 Å². The third-order valence-electron chi connectivity index (χ3n) is 2.29. The monoisotopic (exact) mass is 252 g/mol. The van der Waals surface area contributed by atoms with Gasteiger partial charge in [-0.2, -0.15) is 0 Å². The van der Waals surface area contributed by atoms with E-state index < -0.39 is 5.82 Å². The molecule has 3 nitrogen and oxygen atoms in total. The fourth-order valence-electron chi connectivity index (χ4n) is 1.44. The Morgan fingerprint density at radius 2 is 2.29 bits per heavy atom. The first-order valence-corrected chi connectivity index (χ1v) is 6.22. The van der Waals surface area contributed by atoms with Crippen LogP contribution in [0.15, 0.2) is 23.6 Å². The van der Waals surface area contributed by atoms with Crippen molar-refractivity contribution in [3.8, 4) is 16.3 Å². The van der Waals surface area contributed by atoms with Gasteiger partial charge in [-0.05, 0) is 18.7 Å². The number of halogens is 1. The number of thiazole rings is 1. The molecule has 0 fully saturated rings. The van der Waals surface area contributed by atoms with E-state index >= 15 is 0 Å². The molecule has 0 saturated carbocycles. The minimum absolute atomic E-state index is 0.0734. The SMILES string of the molecule is CCNCc1csc(-c2ccc(O)cc2F)n1. The summed E-state index contributed by atoms with van der Waals surface area (Å²) >= 11 is 1.40. The molecule has 0 radical (unpaired) electrons. The van der Waals surface area contributed by atoms with E-state index in [0.717, 1.165) is 18.3 Å². The lowest BCUT2D eigenvalue weighted by molar-refractivity contribution is 0.469. The van der Waals surface area contributed by atoms with Crippen LogP contribution in [0.2, 0.25) is 0 Å². The molecule has 0 unspecified atom stereocenters. The Morgan fingerprint density at radius 3 is 3.00 bits per heavy atom. The Balaban J connectivity index is 2.24. The second-order valence-electron chi connectivity index (χ2n) is 3.59. The van der Waals surface area contributed by atoms with E-state index in [4.69, 9.17) is 5.11 Å². The summed E-state index contributed by atoms with van der Waals surface area (Å²) < 4.78 is 13.6. The molecule has 0 spiro atoms. The summed E-state index contributed by atoms with van der Waals surface area (Å²) in [6.45, 7) is 3.58. The number of nitrogens with one attached hydrogen (secondary N) is 1. The third kappa shape index (κ3) is 2.81. The van der Waals surface area contributed by atoms with Crippen LogP contribution in [0.5, 0.6) is 5.75 Å². The highest BCUT2D eigenvalue weighted by molar-refractivity contribution is 7.13. The fraction of sp³-hybridized carbons (Fsp3) is 0.250. The fourth-order valence-corrected chi connectivity index (χ4v) is 2.29. The highest BCUT2D eigenvalue weighted by Gasteiger charge is 2.10. The van der Waals surface area contributed by atoms with Crippen molar-refractivity contribution in [2.45, 2.75) is 13.5 Å². The lowest BCUT2D eigenvalue weighted by Gasteiger charge is -1.99. The van der Waals surface area contributed by atoms with Gasteiger partial charge in [-0.15, -0.1) is 11.3 Å². The van der Waals surface area contributed by atoms with Gasteiger partial charge in [0.2, 0.25) is 0 Å². The van der Waals surface area contributed by atoms with Gasteiger partial charge in [-0.1, -0.05) is 6.92 Å². The van der Waals surface area contributed by atoms with Crippen molar-refractivity contribution < 1.29 is 9.50 Å². The molecule has 0 amide bonds. The molecule has 1 aromatic heterocycles. The van der Waals surface area contributed by atoms with Crippen LogP contribution in [0, 0.1) is 5.82 Å². The van der Waals surface area contributed by atoms with E-state index in [1.807, 2.05) is 12.3 Å². The van der Waals surface area contributed by atoms with Gasteiger partial charge in [0.1, 0.15) is 16.6 Å². The molecular weight excluding hydrogens is 239 g/mol. The van der Waals surface area contributed by atoms with Crippen LogP contribution in [-0.4, -0.2) is 16.6 Å². The largest absolute Gasteiger partial charge is 0.508 e. The maximum Gasteiger partial charge on any atom is 0.137 e. The summed E-state index contributed by atoms with van der Waals surface area (Å²) in [6, 6.07) is 4.10. The molecule has 0 aliphatic rings. The predicted molar refractivity (Wildman–Crippen MR) is 66.6 cm³/mol. The summed E-state index contributed by atoms with van der Waals surface area (Å²) in [4.78, 5) is 4.34. The number of phenols is 1. The van der Waals surface area contributed by atoms with Crippen LogP contribution in [0.3, 0.4) is 0 Å². The second kappa shape index (κ2) is 5.25. The summed E-state index contributed by atoms with van der Waals surface area (Å²) in [5.74, 6) is -0.523. The van der Waals surface area contributed by atoms with Crippen molar-refractivity contribution in [3.05, 3.63) is 35.1 Å².